The molecule has 3 aromatic carbocycles. The highest BCUT2D eigenvalue weighted by Gasteiger charge is 2.66. The summed E-state index contributed by atoms with van der Waals surface area (Å²) >= 11 is 0. The highest BCUT2D eigenvalue weighted by Crippen LogP contribution is 2.60. The lowest BCUT2D eigenvalue weighted by molar-refractivity contribution is -0.146. The fourth-order valence-corrected chi connectivity index (χ4v) is 10.4. The molecule has 6 rings (SSSR count). The Balaban J connectivity index is 1.49. The highest BCUT2D eigenvalue weighted by molar-refractivity contribution is 6.71. The maximum atomic E-state index is 14.8. The Labute approximate surface area is 284 Å². The number of carbonyl (C=O) groups excluding carboxylic acids is 2. The number of aliphatic hydroxyl groups is 1. The molecule has 252 valence electrons. The van der Waals surface area contributed by atoms with E-state index in [0.29, 0.717) is 47.0 Å². The van der Waals surface area contributed by atoms with Gasteiger partial charge in [0.1, 0.15) is 5.75 Å². The van der Waals surface area contributed by atoms with Crippen molar-refractivity contribution in [3.8, 4) is 11.5 Å². The van der Waals surface area contributed by atoms with Gasteiger partial charge in [-0.05, 0) is 95.6 Å². The first-order valence-corrected chi connectivity index (χ1v) is 19.9. The summed E-state index contributed by atoms with van der Waals surface area (Å²) in [7, 11) is -2.87. The average molecular weight is 667 g/mol. The number of para-hydroxylation sites is 3. The molecule has 0 saturated carbocycles. The van der Waals surface area contributed by atoms with Crippen LogP contribution in [0, 0.1) is 5.92 Å². The third-order valence-electron chi connectivity index (χ3n) is 10.00. The number of carbonyl (C=O) groups is 2. The van der Waals surface area contributed by atoms with Crippen LogP contribution in [0.4, 0.5) is 17.1 Å². The number of aliphatic hydroxyl groups excluding tert-OH is 1. The monoisotopic (exact) mass is 666 g/mol. The van der Waals surface area contributed by atoms with Gasteiger partial charge in [-0.3, -0.25) is 14.5 Å². The second kappa shape index (κ2) is 13.1. The maximum absolute atomic E-state index is 14.8. The van der Waals surface area contributed by atoms with Crippen LogP contribution in [0.1, 0.15) is 62.9 Å². The van der Waals surface area contributed by atoms with E-state index in [0.717, 1.165) is 18.5 Å². The molecule has 1 saturated heterocycles. The average Bonchev–Trinajstić information content (AvgIpc) is 3.41. The topological polar surface area (TPSA) is 99.5 Å². The predicted molar refractivity (Wildman–Crippen MR) is 192 cm³/mol. The number of anilines is 3. The summed E-state index contributed by atoms with van der Waals surface area (Å²) in [4.78, 5) is 44.1. The number of allylic oxidation sites excluding steroid dienone is 3. The molecule has 0 aliphatic carbocycles. The number of hydrogen-bond acceptors (Lipinski definition) is 6. The molecule has 1 spiro atoms. The third-order valence-corrected chi connectivity index (χ3v) is 12.5. The maximum Gasteiger partial charge on any atom is 0.266 e. The Kier molecular flexibility index (Phi) is 9.25. The van der Waals surface area contributed by atoms with Gasteiger partial charge in [0, 0.05) is 35.9 Å². The van der Waals surface area contributed by atoms with Crippen molar-refractivity contribution in [2.24, 2.45) is 5.92 Å². The summed E-state index contributed by atoms with van der Waals surface area (Å²) in [5.74, 6) is 0.197. The lowest BCUT2D eigenvalue weighted by Crippen LogP contribution is -2.46. The van der Waals surface area contributed by atoms with Crippen molar-refractivity contribution in [1.29, 1.82) is 0 Å². The molecule has 3 aliphatic rings. The summed E-state index contributed by atoms with van der Waals surface area (Å²) in [6, 6.07) is 20.3. The molecule has 3 heterocycles. The first kappa shape index (κ1) is 33.9. The third kappa shape index (κ3) is 5.83. The van der Waals surface area contributed by atoms with Crippen molar-refractivity contribution in [1.82, 2.24) is 0 Å². The molecule has 3 aromatic rings. The van der Waals surface area contributed by atoms with Crippen LogP contribution in [0.5, 0.6) is 11.5 Å². The van der Waals surface area contributed by atoms with Gasteiger partial charge in [0.15, 0.2) is 19.7 Å². The second-order valence-electron chi connectivity index (χ2n) is 14.1. The molecule has 9 heteroatoms. The quantitative estimate of drug-likeness (QED) is 0.177. The number of hydrogen-bond donors (Lipinski definition) is 2. The summed E-state index contributed by atoms with van der Waals surface area (Å²) in [6.45, 7) is 12.2. The molecule has 1 fully saturated rings. The van der Waals surface area contributed by atoms with Gasteiger partial charge in [-0.1, -0.05) is 54.5 Å². The van der Waals surface area contributed by atoms with Crippen molar-refractivity contribution in [3.05, 3.63) is 101 Å². The van der Waals surface area contributed by atoms with Crippen LogP contribution >= 0.6 is 0 Å². The number of nitrogens with zero attached hydrogens (tertiary/aromatic N) is 2. The van der Waals surface area contributed by atoms with Crippen molar-refractivity contribution >= 4 is 37.2 Å². The summed E-state index contributed by atoms with van der Waals surface area (Å²) in [5.41, 5.74) is 3.75. The first-order chi connectivity index (χ1) is 22.9. The smallest absolute Gasteiger partial charge is 0.266 e. The Morgan fingerprint density at radius 3 is 2.38 bits per heavy atom. The highest BCUT2D eigenvalue weighted by atomic mass is 28.4. The fourth-order valence-electron chi connectivity index (χ4n) is 7.79. The lowest BCUT2D eigenvalue weighted by Gasteiger charge is -2.32. The lowest BCUT2D eigenvalue weighted by atomic mass is 9.82. The zero-order valence-corrected chi connectivity index (χ0v) is 29.7. The number of ether oxygens (including phenoxy) is 2. The largest absolute Gasteiger partial charge is 0.454 e. The number of amides is 2. The van der Waals surface area contributed by atoms with Gasteiger partial charge < -0.3 is 24.3 Å². The van der Waals surface area contributed by atoms with Crippen molar-refractivity contribution < 1.29 is 29.0 Å². The zero-order chi connectivity index (χ0) is 34.4. The molecule has 2 amide bonds. The Hall–Kier alpha value is -4.02. The zero-order valence-electron chi connectivity index (χ0n) is 28.7. The van der Waals surface area contributed by atoms with Crippen LogP contribution in [-0.4, -0.2) is 49.3 Å². The van der Waals surface area contributed by atoms with Crippen LogP contribution in [0.25, 0.3) is 0 Å². The summed E-state index contributed by atoms with van der Waals surface area (Å²) < 4.78 is 13.1. The van der Waals surface area contributed by atoms with Crippen molar-refractivity contribution in [3.63, 3.8) is 0 Å². The molecular weight excluding hydrogens is 621 g/mol. The van der Waals surface area contributed by atoms with E-state index >= 15 is 0 Å². The molecule has 0 radical (unpaired) electrons. The van der Waals surface area contributed by atoms with Crippen LogP contribution in [0.15, 0.2) is 90.0 Å². The van der Waals surface area contributed by atoms with Crippen LogP contribution in [-0.2, 0) is 15.1 Å². The normalized spacial score (nSPS) is 23.5. The Morgan fingerprint density at radius 2 is 1.67 bits per heavy atom. The van der Waals surface area contributed by atoms with E-state index in [1.54, 1.807) is 21.9 Å². The molecule has 3 aliphatic heterocycles. The summed E-state index contributed by atoms with van der Waals surface area (Å²) in [6.07, 6.45) is 5.95. The molecule has 2 N–H and O–H groups in total. The van der Waals surface area contributed by atoms with E-state index in [9.17, 15) is 19.5 Å². The second-order valence-corrected chi connectivity index (χ2v) is 18.0. The van der Waals surface area contributed by atoms with E-state index in [4.69, 9.17) is 9.47 Å². The minimum absolute atomic E-state index is 0.120. The minimum Gasteiger partial charge on any atom is -0.454 e. The van der Waals surface area contributed by atoms with Gasteiger partial charge in [0.2, 0.25) is 0 Å². The standard InChI is InChI=1S/C39H46N2O6Si/c1-25(2)12-11-13-26(3)20-22-40-31-19-18-28(41-32-15-8-10-17-34(32)46-33-16-9-7-14-29(33)37(41)43)24-30(31)39(38(40)44)27(4)36(48(5,6)45)35(47-39)21-23-42/h7-10,12,14-20,24,27,35-36,42,45H,11,13,21-23H2,1-6H3/b26-20+/t27-,35+,36-,39+/m0/s1. The molecule has 4 atom stereocenters. The van der Waals surface area contributed by atoms with Gasteiger partial charge in [0.25, 0.3) is 11.8 Å². The number of fused-ring (bicyclic) bond motifs is 4. The molecule has 8 nitrogen and oxygen atoms in total. The van der Waals surface area contributed by atoms with Crippen molar-refractivity contribution in [2.75, 3.05) is 23.0 Å². The minimum atomic E-state index is -2.87. The number of rotatable bonds is 9. The molecule has 0 unspecified atom stereocenters. The fraction of sp³-hybridized carbons (Fsp3) is 0.385. The van der Waals surface area contributed by atoms with Gasteiger partial charge in [-0.15, -0.1) is 0 Å². The SMILES string of the molecule is CC(C)=CCC/C(C)=C/CN1C(=O)[C@]2(O[C@H](CCO)[C@@H]([Si](C)(C)O)[C@@H]2C)c2cc(N3C(=O)c4ccccc4Oc4ccccc43)ccc21. The first-order valence-electron chi connectivity index (χ1n) is 16.9. The van der Waals surface area contributed by atoms with Crippen LogP contribution in [0.2, 0.25) is 18.6 Å². The van der Waals surface area contributed by atoms with Crippen LogP contribution in [0.3, 0.4) is 0 Å². The van der Waals surface area contributed by atoms with Crippen molar-refractivity contribution in [2.45, 2.75) is 77.3 Å². The van der Waals surface area contributed by atoms with Gasteiger partial charge in [-0.2, -0.15) is 0 Å². The van der Waals surface area contributed by atoms with E-state index in [-0.39, 0.29) is 29.9 Å². The van der Waals surface area contributed by atoms with E-state index < -0.39 is 20.0 Å². The van der Waals surface area contributed by atoms with E-state index in [2.05, 4.69) is 32.9 Å². The van der Waals surface area contributed by atoms with E-state index in [1.807, 2.05) is 74.6 Å². The van der Waals surface area contributed by atoms with Gasteiger partial charge in [0.05, 0.1) is 23.0 Å². The molecule has 48 heavy (non-hydrogen) atoms. The number of benzene rings is 3. The molecule has 0 aromatic heterocycles. The van der Waals surface area contributed by atoms with Gasteiger partial charge in [-0.25, -0.2) is 0 Å². The predicted octanol–water partition coefficient (Wildman–Crippen LogP) is 7.99. The Morgan fingerprint density at radius 1 is 0.958 bits per heavy atom. The summed E-state index contributed by atoms with van der Waals surface area (Å²) in [5, 5.41) is 10.0. The van der Waals surface area contributed by atoms with Gasteiger partial charge >= 0.3 is 0 Å². The molecular formula is C39H46N2O6Si. The Bertz CT molecular complexity index is 1790. The molecule has 0 bridgehead atoms. The van der Waals surface area contributed by atoms with Crippen LogP contribution < -0.4 is 14.5 Å². The van der Waals surface area contributed by atoms with E-state index in [1.165, 1.54) is 11.1 Å².